The highest BCUT2D eigenvalue weighted by Crippen LogP contribution is 2.28. The van der Waals surface area contributed by atoms with E-state index in [0.717, 1.165) is 25.1 Å². The van der Waals surface area contributed by atoms with Gasteiger partial charge in [0.2, 0.25) is 5.91 Å². The molecule has 1 fully saturated rings. The summed E-state index contributed by atoms with van der Waals surface area (Å²) in [5.41, 5.74) is -0.107. The van der Waals surface area contributed by atoms with Gasteiger partial charge in [-0.1, -0.05) is 33.8 Å². The maximum atomic E-state index is 12.8. The first-order valence-corrected chi connectivity index (χ1v) is 8.53. The minimum atomic E-state index is -0.550. The predicted octanol–water partition coefficient (Wildman–Crippen LogP) is 3.85. The summed E-state index contributed by atoms with van der Waals surface area (Å²) >= 11 is 0. The van der Waals surface area contributed by atoms with Crippen molar-refractivity contribution in [2.24, 2.45) is 5.41 Å². The summed E-state index contributed by atoms with van der Waals surface area (Å²) in [7, 11) is 1.64. The number of hydrogen-bond acceptors (Lipinski definition) is 3. The zero-order valence-electron chi connectivity index (χ0n) is 16.0. The third-order valence-corrected chi connectivity index (χ3v) is 4.62. The molecular weight excluding hydrogens is 288 g/mol. The van der Waals surface area contributed by atoms with Crippen molar-refractivity contribution in [2.45, 2.75) is 72.4 Å². The highest BCUT2D eigenvalue weighted by Gasteiger charge is 2.38. The Morgan fingerprint density at radius 1 is 1.26 bits per heavy atom. The summed E-state index contributed by atoms with van der Waals surface area (Å²) in [5, 5.41) is 2.94. The standard InChI is InChI=1S/C19H34N2O2/c1-14(13-16(23-8)18(3,4)5)20-17(22)19(6,7)21-12-10-9-11-15(21)2/h13,15H,1,9-12H2,2-8H3,(H,20,22)/b16-13-. The lowest BCUT2D eigenvalue weighted by Gasteiger charge is -2.44. The Labute approximate surface area is 142 Å². The second-order valence-electron chi connectivity index (χ2n) is 8.04. The van der Waals surface area contributed by atoms with Crippen LogP contribution in [0.5, 0.6) is 0 Å². The molecule has 1 aliphatic rings. The lowest BCUT2D eigenvalue weighted by Crippen LogP contribution is -2.58. The number of piperidine rings is 1. The van der Waals surface area contributed by atoms with Crippen LogP contribution in [0, 0.1) is 5.41 Å². The van der Waals surface area contributed by atoms with Gasteiger partial charge in [0.1, 0.15) is 5.76 Å². The van der Waals surface area contributed by atoms with E-state index in [1.807, 2.05) is 19.9 Å². The Bertz CT molecular complexity index is 472. The number of amides is 1. The maximum absolute atomic E-state index is 12.8. The molecule has 1 N–H and O–H groups in total. The number of nitrogens with one attached hydrogen (secondary N) is 1. The lowest BCUT2D eigenvalue weighted by atomic mass is 9.92. The normalized spacial score (nSPS) is 21.0. The molecule has 0 bridgehead atoms. The number of carbonyl (C=O) groups excluding carboxylic acids is 1. The van der Waals surface area contributed by atoms with E-state index in [9.17, 15) is 4.79 Å². The van der Waals surface area contributed by atoms with Crippen molar-refractivity contribution >= 4 is 5.91 Å². The van der Waals surface area contributed by atoms with Crippen LogP contribution < -0.4 is 5.32 Å². The number of rotatable bonds is 5. The molecule has 0 saturated carbocycles. The van der Waals surface area contributed by atoms with Crippen molar-refractivity contribution in [1.82, 2.24) is 10.2 Å². The highest BCUT2D eigenvalue weighted by atomic mass is 16.5. The molecule has 1 heterocycles. The third-order valence-electron chi connectivity index (χ3n) is 4.62. The van der Waals surface area contributed by atoms with Crippen LogP contribution in [0.2, 0.25) is 0 Å². The molecule has 1 saturated heterocycles. The van der Waals surface area contributed by atoms with Crippen molar-refractivity contribution in [1.29, 1.82) is 0 Å². The molecule has 4 heteroatoms. The fourth-order valence-electron chi connectivity index (χ4n) is 3.13. The number of ether oxygens (including phenoxy) is 1. The van der Waals surface area contributed by atoms with Gasteiger partial charge < -0.3 is 10.1 Å². The molecular formula is C19H34N2O2. The smallest absolute Gasteiger partial charge is 0.244 e. The summed E-state index contributed by atoms with van der Waals surface area (Å²) in [5.74, 6) is 0.781. The molecule has 1 unspecified atom stereocenters. The van der Waals surface area contributed by atoms with Crippen LogP contribution in [0.4, 0.5) is 0 Å². The first kappa shape index (κ1) is 19.8. The van der Waals surface area contributed by atoms with Gasteiger partial charge in [0.25, 0.3) is 0 Å². The summed E-state index contributed by atoms with van der Waals surface area (Å²) in [6, 6.07) is 0.428. The van der Waals surface area contributed by atoms with Crippen LogP contribution in [0.25, 0.3) is 0 Å². The van der Waals surface area contributed by atoms with E-state index in [1.54, 1.807) is 7.11 Å². The predicted molar refractivity (Wildman–Crippen MR) is 95.9 cm³/mol. The van der Waals surface area contributed by atoms with Gasteiger partial charge in [-0.3, -0.25) is 9.69 Å². The Morgan fingerprint density at radius 2 is 1.87 bits per heavy atom. The number of likely N-dealkylation sites (tertiary alicyclic amines) is 1. The molecule has 1 amide bonds. The van der Waals surface area contributed by atoms with Gasteiger partial charge in [0, 0.05) is 17.2 Å². The molecule has 23 heavy (non-hydrogen) atoms. The molecule has 0 aromatic rings. The van der Waals surface area contributed by atoms with Gasteiger partial charge in [-0.15, -0.1) is 0 Å². The van der Waals surface area contributed by atoms with Gasteiger partial charge >= 0.3 is 0 Å². The zero-order chi connectivity index (χ0) is 17.8. The van der Waals surface area contributed by atoms with E-state index in [0.29, 0.717) is 11.7 Å². The second kappa shape index (κ2) is 7.52. The molecule has 0 radical (unpaired) electrons. The van der Waals surface area contributed by atoms with Crippen LogP contribution >= 0.6 is 0 Å². The van der Waals surface area contributed by atoms with E-state index in [-0.39, 0.29) is 11.3 Å². The number of carbonyl (C=O) groups is 1. The topological polar surface area (TPSA) is 41.6 Å². The SMILES string of the molecule is C=C(/C=C(\OC)C(C)(C)C)NC(=O)C(C)(C)N1CCCCC1C. The number of allylic oxidation sites excluding steroid dienone is 2. The fourth-order valence-corrected chi connectivity index (χ4v) is 3.13. The first-order valence-electron chi connectivity index (χ1n) is 8.53. The van der Waals surface area contributed by atoms with Gasteiger partial charge in [0.15, 0.2) is 0 Å². The van der Waals surface area contributed by atoms with Crippen LogP contribution in [-0.2, 0) is 9.53 Å². The Hall–Kier alpha value is -1.29. The van der Waals surface area contributed by atoms with Gasteiger partial charge in [0.05, 0.1) is 12.6 Å². The van der Waals surface area contributed by atoms with Crippen LogP contribution in [0.15, 0.2) is 24.1 Å². The summed E-state index contributed by atoms with van der Waals surface area (Å²) in [6.45, 7) is 17.3. The minimum Gasteiger partial charge on any atom is -0.500 e. The zero-order valence-corrected chi connectivity index (χ0v) is 16.0. The van der Waals surface area contributed by atoms with E-state index in [4.69, 9.17) is 4.74 Å². The van der Waals surface area contributed by atoms with Crippen molar-refractivity contribution in [3.8, 4) is 0 Å². The average molecular weight is 322 g/mol. The number of hydrogen-bond donors (Lipinski definition) is 1. The number of methoxy groups -OCH3 is 1. The van der Waals surface area contributed by atoms with Crippen LogP contribution in [-0.4, -0.2) is 36.0 Å². The van der Waals surface area contributed by atoms with Crippen molar-refractivity contribution in [2.75, 3.05) is 13.7 Å². The van der Waals surface area contributed by atoms with Gasteiger partial charge in [-0.05, 0) is 46.2 Å². The first-order chi connectivity index (χ1) is 10.5. The summed E-state index contributed by atoms with van der Waals surface area (Å²) in [6.07, 6.45) is 5.36. The number of nitrogens with zero attached hydrogens (tertiary/aromatic N) is 1. The Balaban J connectivity index is 2.81. The molecule has 0 aromatic heterocycles. The monoisotopic (exact) mass is 322 g/mol. The molecule has 1 aliphatic heterocycles. The minimum absolute atomic E-state index is 0.0168. The van der Waals surface area contributed by atoms with Crippen LogP contribution in [0.3, 0.4) is 0 Å². The van der Waals surface area contributed by atoms with Gasteiger partial charge in [-0.2, -0.15) is 0 Å². The van der Waals surface area contributed by atoms with Crippen molar-refractivity contribution in [3.05, 3.63) is 24.1 Å². The molecule has 4 nitrogen and oxygen atoms in total. The third kappa shape index (κ3) is 5.10. The second-order valence-corrected chi connectivity index (χ2v) is 8.04. The Morgan fingerprint density at radius 3 is 2.35 bits per heavy atom. The van der Waals surface area contributed by atoms with E-state index >= 15 is 0 Å². The van der Waals surface area contributed by atoms with Crippen molar-refractivity contribution < 1.29 is 9.53 Å². The quantitative estimate of drug-likeness (QED) is 0.617. The Kier molecular flexibility index (Phi) is 6.46. The molecule has 1 rings (SSSR count). The fraction of sp³-hybridized carbons (Fsp3) is 0.737. The molecule has 1 atom stereocenters. The van der Waals surface area contributed by atoms with Gasteiger partial charge in [-0.25, -0.2) is 0 Å². The van der Waals surface area contributed by atoms with E-state index in [2.05, 4.69) is 44.5 Å². The molecule has 132 valence electrons. The lowest BCUT2D eigenvalue weighted by molar-refractivity contribution is -0.133. The summed E-state index contributed by atoms with van der Waals surface area (Å²) < 4.78 is 5.42. The van der Waals surface area contributed by atoms with E-state index in [1.165, 1.54) is 6.42 Å². The molecule has 0 aromatic carbocycles. The largest absolute Gasteiger partial charge is 0.500 e. The highest BCUT2D eigenvalue weighted by molar-refractivity contribution is 5.87. The average Bonchev–Trinajstić information content (AvgIpc) is 2.43. The van der Waals surface area contributed by atoms with E-state index < -0.39 is 5.54 Å². The van der Waals surface area contributed by atoms with Crippen LogP contribution in [0.1, 0.15) is 60.8 Å². The molecule has 0 aliphatic carbocycles. The molecule has 0 spiro atoms. The van der Waals surface area contributed by atoms with Crippen molar-refractivity contribution in [3.63, 3.8) is 0 Å². The maximum Gasteiger partial charge on any atom is 0.244 e. The summed E-state index contributed by atoms with van der Waals surface area (Å²) in [4.78, 5) is 15.1.